The van der Waals surface area contributed by atoms with Crippen molar-refractivity contribution in [2.24, 2.45) is 79.3 Å². The Morgan fingerprint density at radius 2 is 1.31 bits per heavy atom. The van der Waals surface area contributed by atoms with E-state index in [2.05, 4.69) is 56.2 Å². The van der Waals surface area contributed by atoms with Gasteiger partial charge in [-0.25, -0.2) is 0 Å². The molecule has 0 spiro atoms. The van der Waals surface area contributed by atoms with Gasteiger partial charge in [-0.2, -0.15) is 0 Å². The third kappa shape index (κ3) is 7.41. The number of hydrogen-bond acceptors (Lipinski definition) is 8. The Bertz CT molecular complexity index is 1950. The van der Waals surface area contributed by atoms with E-state index in [1.165, 1.54) is 51.4 Å². The van der Waals surface area contributed by atoms with Crippen molar-refractivity contribution in [3.05, 3.63) is 35.9 Å². The maximum atomic E-state index is 15.4. The molecule has 7 saturated carbocycles. The van der Waals surface area contributed by atoms with Crippen LogP contribution in [-0.4, -0.2) is 104 Å². The first-order chi connectivity index (χ1) is 30.9. The van der Waals surface area contributed by atoms with Crippen LogP contribution in [0.5, 0.6) is 0 Å². The molecular formula is C56H85N3O6. The lowest BCUT2D eigenvalue weighted by Crippen LogP contribution is -2.68. The van der Waals surface area contributed by atoms with Gasteiger partial charge in [-0.1, -0.05) is 85.7 Å². The molecule has 9 aliphatic rings. The highest BCUT2D eigenvalue weighted by molar-refractivity contribution is 5.84. The van der Waals surface area contributed by atoms with E-state index in [9.17, 15) is 9.59 Å². The summed E-state index contributed by atoms with van der Waals surface area (Å²) in [5, 5.41) is 0. The minimum Gasteiger partial charge on any atom is -0.462 e. The number of rotatable bonds is 10. The van der Waals surface area contributed by atoms with Gasteiger partial charge in [0.05, 0.1) is 30.5 Å². The zero-order valence-electron chi connectivity index (χ0n) is 41.8. The number of nitrogens with zero attached hydrogens (tertiary/aromatic N) is 3. The number of piperazine rings is 1. The molecule has 9 heteroatoms. The van der Waals surface area contributed by atoms with Crippen LogP contribution < -0.4 is 0 Å². The number of ether oxygens (including phenoxy) is 3. The van der Waals surface area contributed by atoms with Gasteiger partial charge in [0.2, 0.25) is 5.91 Å². The molecule has 1 aromatic carbocycles. The van der Waals surface area contributed by atoms with Gasteiger partial charge in [0.25, 0.3) is 0 Å². The molecule has 7 aliphatic carbocycles. The predicted octanol–water partition coefficient (Wildman–Crippen LogP) is 9.66. The zero-order chi connectivity index (χ0) is 45.8. The normalized spacial score (nSPS) is 42.9. The number of morpholine rings is 1. The van der Waals surface area contributed by atoms with Gasteiger partial charge in [0.15, 0.2) is 0 Å². The number of hydrogen-bond donors (Lipinski definition) is 0. The molecule has 0 bridgehead atoms. The molecule has 1 amide bonds. The third-order valence-corrected chi connectivity index (χ3v) is 22.5. The van der Waals surface area contributed by atoms with Gasteiger partial charge >= 0.3 is 11.9 Å². The Morgan fingerprint density at radius 3 is 1.98 bits per heavy atom. The molecule has 12 atom stereocenters. The monoisotopic (exact) mass is 896 g/mol. The first-order valence-electron chi connectivity index (χ1n) is 26.6. The summed E-state index contributed by atoms with van der Waals surface area (Å²) in [6, 6.07) is 9.80. The molecule has 10 rings (SSSR count). The van der Waals surface area contributed by atoms with Crippen LogP contribution in [0.25, 0.3) is 0 Å². The quantitative estimate of drug-likeness (QED) is 0.215. The summed E-state index contributed by atoms with van der Waals surface area (Å²) in [5.74, 6) is 2.43. The highest BCUT2D eigenvalue weighted by Gasteiger charge is 2.74. The molecule has 2 heterocycles. The van der Waals surface area contributed by atoms with Crippen LogP contribution in [0.1, 0.15) is 144 Å². The fourth-order valence-electron chi connectivity index (χ4n) is 17.9. The highest BCUT2D eigenvalue weighted by Crippen LogP contribution is 2.79. The van der Waals surface area contributed by atoms with Crippen molar-refractivity contribution in [3.63, 3.8) is 0 Å². The van der Waals surface area contributed by atoms with Crippen molar-refractivity contribution in [2.75, 3.05) is 65.6 Å². The van der Waals surface area contributed by atoms with E-state index in [0.717, 1.165) is 96.8 Å². The van der Waals surface area contributed by atoms with Gasteiger partial charge < -0.3 is 19.1 Å². The lowest BCUT2D eigenvalue weighted by molar-refractivity contribution is -0.253. The number of esters is 2. The van der Waals surface area contributed by atoms with Crippen LogP contribution in [0, 0.1) is 79.3 Å². The van der Waals surface area contributed by atoms with E-state index >= 15 is 4.79 Å². The minimum absolute atomic E-state index is 0.126. The third-order valence-electron chi connectivity index (χ3n) is 22.5. The number of carbonyl (C=O) groups excluding carboxylic acids is 3. The van der Waals surface area contributed by atoms with Crippen LogP contribution in [0.4, 0.5) is 0 Å². The molecule has 9 nitrogen and oxygen atoms in total. The molecule has 0 radical (unpaired) electrons. The predicted molar refractivity (Wildman–Crippen MR) is 253 cm³/mol. The number of fused-ring (bicyclic) bond motifs is 7. The molecular weight excluding hydrogens is 811 g/mol. The van der Waals surface area contributed by atoms with Gasteiger partial charge in [-0.15, -0.1) is 0 Å². The van der Waals surface area contributed by atoms with E-state index in [1.807, 2.05) is 44.2 Å². The van der Waals surface area contributed by atoms with Gasteiger partial charge in [-0.05, 0) is 146 Å². The van der Waals surface area contributed by atoms with Crippen LogP contribution in [0.3, 0.4) is 0 Å². The summed E-state index contributed by atoms with van der Waals surface area (Å²) in [6.45, 7) is 29.6. The SMILES string of the molecule is CC1(C2CCC3(C(=O)N4CCN(CCN5CCOCC5)CC4)CCC4(C)C(CCC5C6(C)CCC(OC(=O)C7CC(C(=O)OCc8ccccc8)C7(C)C)C(C)(C)C6CCC54C)C23)CC1. The molecule has 0 N–H and O–H groups in total. The molecule has 2 saturated heterocycles. The Labute approximate surface area is 392 Å². The van der Waals surface area contributed by atoms with Crippen LogP contribution in [0.2, 0.25) is 0 Å². The van der Waals surface area contributed by atoms with Crippen molar-refractivity contribution in [2.45, 2.75) is 152 Å². The summed E-state index contributed by atoms with van der Waals surface area (Å²) < 4.78 is 18.0. The second-order valence-corrected chi connectivity index (χ2v) is 25.8. The standard InChI is InChI=1S/C56H85N3O6/c1-50(2)41(47(60)64-37-38-12-10-9-11-13-38)36-42(50)48(61)65-45-18-19-53(6)43(51(45,3)4)17-20-55(8)44(53)15-14-40-46-39(52(5)22-23-52)16-21-56(46,25-24-54(40,55)7)49(62)59-30-28-57(29-31-59)26-27-58-32-34-63-35-33-58/h9-13,39-46H,14-37H2,1-8H3. The smallest absolute Gasteiger partial charge is 0.309 e. The summed E-state index contributed by atoms with van der Waals surface area (Å²) in [7, 11) is 0. The average Bonchev–Trinajstić information content (AvgIpc) is 3.91. The van der Waals surface area contributed by atoms with Gasteiger partial charge in [0.1, 0.15) is 12.7 Å². The van der Waals surface area contributed by atoms with E-state index in [4.69, 9.17) is 14.2 Å². The summed E-state index contributed by atoms with van der Waals surface area (Å²) in [6.07, 6.45) is 14.5. The molecule has 1 aromatic rings. The second-order valence-electron chi connectivity index (χ2n) is 25.8. The van der Waals surface area contributed by atoms with E-state index in [0.29, 0.717) is 47.3 Å². The molecule has 360 valence electrons. The number of benzene rings is 1. The van der Waals surface area contributed by atoms with Crippen LogP contribution >= 0.6 is 0 Å². The maximum Gasteiger partial charge on any atom is 0.309 e. The fourth-order valence-corrected chi connectivity index (χ4v) is 17.9. The number of carbonyl (C=O) groups is 3. The molecule has 9 fully saturated rings. The average molecular weight is 896 g/mol. The maximum absolute atomic E-state index is 15.4. The van der Waals surface area contributed by atoms with E-state index < -0.39 is 5.41 Å². The molecule has 65 heavy (non-hydrogen) atoms. The summed E-state index contributed by atoms with van der Waals surface area (Å²) >= 11 is 0. The Kier molecular flexibility index (Phi) is 11.8. The van der Waals surface area contributed by atoms with Crippen molar-refractivity contribution in [3.8, 4) is 0 Å². The van der Waals surface area contributed by atoms with Gasteiger partial charge in [-0.3, -0.25) is 24.2 Å². The largest absolute Gasteiger partial charge is 0.462 e. The molecule has 12 unspecified atom stereocenters. The van der Waals surface area contributed by atoms with Crippen molar-refractivity contribution < 1.29 is 28.6 Å². The van der Waals surface area contributed by atoms with Gasteiger partial charge in [0, 0.05) is 57.8 Å². The fraction of sp³-hybridized carbons (Fsp3) is 0.839. The molecule has 0 aromatic heterocycles. The lowest BCUT2D eigenvalue weighted by atomic mass is 9.32. The molecule has 2 aliphatic heterocycles. The highest BCUT2D eigenvalue weighted by atomic mass is 16.5. The Hall–Kier alpha value is -2.49. The Morgan fingerprint density at radius 1 is 0.631 bits per heavy atom. The van der Waals surface area contributed by atoms with Crippen molar-refractivity contribution >= 4 is 17.8 Å². The van der Waals surface area contributed by atoms with Crippen molar-refractivity contribution in [1.29, 1.82) is 0 Å². The first kappa shape index (κ1) is 46.2. The summed E-state index contributed by atoms with van der Waals surface area (Å²) in [4.78, 5) is 50.2. The first-order valence-corrected chi connectivity index (χ1v) is 26.6. The van der Waals surface area contributed by atoms with E-state index in [1.54, 1.807) is 0 Å². The van der Waals surface area contributed by atoms with E-state index in [-0.39, 0.29) is 63.6 Å². The number of amides is 1. The van der Waals surface area contributed by atoms with Crippen LogP contribution in [-0.2, 0) is 35.2 Å². The second kappa shape index (κ2) is 16.6. The van der Waals surface area contributed by atoms with Crippen LogP contribution in [0.15, 0.2) is 30.3 Å². The zero-order valence-corrected chi connectivity index (χ0v) is 41.8. The summed E-state index contributed by atoms with van der Waals surface area (Å²) in [5.41, 5.74) is 1.11. The Balaban J connectivity index is 0.813. The lowest BCUT2D eigenvalue weighted by Gasteiger charge is -2.73. The topological polar surface area (TPSA) is 88.6 Å². The minimum atomic E-state index is -0.505. The van der Waals surface area contributed by atoms with Crippen molar-refractivity contribution in [1.82, 2.24) is 14.7 Å².